The molecule has 34 heavy (non-hydrogen) atoms. The zero-order chi connectivity index (χ0) is 27.0. The standard InChI is InChI=1S/3C9H22Si.H3O3P/c3*1-4-7-10(8-5-2)9-6-3;1-4(2)3/h3*10H,4-9H2,1-3H3;1-3H. The summed E-state index contributed by atoms with van der Waals surface area (Å²) >= 11 is 0. The molecule has 0 aromatic carbocycles. The maximum Gasteiger partial charge on any atom is 0.324 e. The van der Waals surface area contributed by atoms with Gasteiger partial charge in [0.15, 0.2) is 0 Å². The van der Waals surface area contributed by atoms with Gasteiger partial charge in [0.2, 0.25) is 0 Å². The van der Waals surface area contributed by atoms with Crippen molar-refractivity contribution in [3.05, 3.63) is 0 Å². The molecule has 0 fully saturated rings. The van der Waals surface area contributed by atoms with Crippen molar-refractivity contribution >= 4 is 35.0 Å². The average Bonchev–Trinajstić information content (AvgIpc) is 2.76. The second-order valence-electron chi connectivity index (χ2n) is 9.96. The molecule has 0 amide bonds. The molecule has 0 aliphatic carbocycles. The van der Waals surface area contributed by atoms with E-state index in [1.54, 1.807) is 54.4 Å². The Morgan fingerprint density at radius 3 is 0.471 bits per heavy atom. The third kappa shape index (κ3) is 43.1. The van der Waals surface area contributed by atoms with Crippen LogP contribution in [0.5, 0.6) is 0 Å². The average molecular weight is 557 g/mol. The maximum atomic E-state index is 7.23. The van der Waals surface area contributed by atoms with Gasteiger partial charge < -0.3 is 14.7 Å². The second-order valence-corrected chi connectivity index (χ2v) is 20.9. The van der Waals surface area contributed by atoms with Gasteiger partial charge in [-0.2, -0.15) is 0 Å². The van der Waals surface area contributed by atoms with E-state index in [0.717, 1.165) is 0 Å². The quantitative estimate of drug-likeness (QED) is 0.116. The van der Waals surface area contributed by atoms with E-state index in [4.69, 9.17) is 14.7 Å². The Labute approximate surface area is 223 Å². The van der Waals surface area contributed by atoms with Crippen LogP contribution in [0.2, 0.25) is 54.4 Å². The summed E-state index contributed by atoms with van der Waals surface area (Å²) < 4.78 is 0. The van der Waals surface area contributed by atoms with Crippen molar-refractivity contribution < 1.29 is 14.7 Å². The molecule has 0 saturated carbocycles. The van der Waals surface area contributed by atoms with Crippen molar-refractivity contribution in [3.8, 4) is 0 Å². The highest BCUT2D eigenvalue weighted by atomic mass is 31.2. The molecule has 3 N–H and O–H groups in total. The topological polar surface area (TPSA) is 60.7 Å². The zero-order valence-corrected chi connectivity index (χ0v) is 29.6. The smallest absolute Gasteiger partial charge is 0.324 e. The molecule has 7 heteroatoms. The summed E-state index contributed by atoms with van der Waals surface area (Å²) in [5.74, 6) is 0. The molecule has 0 saturated heterocycles. The molecule has 0 heterocycles. The first kappa shape index (κ1) is 42.1. The largest absolute Gasteiger partial charge is 0.328 e. The highest BCUT2D eigenvalue weighted by Gasteiger charge is 2.07. The lowest BCUT2D eigenvalue weighted by molar-refractivity contribution is 0.368. The number of hydrogen-bond acceptors (Lipinski definition) is 3. The molecule has 0 bridgehead atoms. The predicted molar refractivity (Wildman–Crippen MR) is 171 cm³/mol. The van der Waals surface area contributed by atoms with Crippen LogP contribution in [0.25, 0.3) is 0 Å². The Balaban J connectivity index is -0.000000184. The van der Waals surface area contributed by atoms with Gasteiger partial charge in [-0.3, -0.25) is 0 Å². The van der Waals surface area contributed by atoms with E-state index in [1.165, 1.54) is 57.8 Å². The van der Waals surface area contributed by atoms with Crippen LogP contribution >= 0.6 is 8.60 Å². The van der Waals surface area contributed by atoms with Crippen molar-refractivity contribution in [2.24, 2.45) is 0 Å². The predicted octanol–water partition coefficient (Wildman–Crippen LogP) is 9.52. The van der Waals surface area contributed by atoms with Gasteiger partial charge in [-0.15, -0.1) is 0 Å². The lowest BCUT2D eigenvalue weighted by Crippen LogP contribution is -2.09. The van der Waals surface area contributed by atoms with E-state index >= 15 is 0 Å². The Kier molecular flexibility index (Phi) is 47.6. The van der Waals surface area contributed by atoms with E-state index in [9.17, 15) is 0 Å². The van der Waals surface area contributed by atoms with Crippen molar-refractivity contribution in [2.75, 3.05) is 0 Å². The molecule has 0 unspecified atom stereocenters. The summed E-state index contributed by atoms with van der Waals surface area (Å²) in [7, 11) is -3.32. The fraction of sp³-hybridized carbons (Fsp3) is 1.00. The van der Waals surface area contributed by atoms with Crippen LogP contribution in [-0.4, -0.2) is 41.1 Å². The van der Waals surface area contributed by atoms with E-state index in [2.05, 4.69) is 62.3 Å². The van der Waals surface area contributed by atoms with Gasteiger partial charge in [-0.25, -0.2) is 0 Å². The summed E-state index contributed by atoms with van der Waals surface area (Å²) in [4.78, 5) is 21.7. The minimum Gasteiger partial charge on any atom is -0.328 e. The molecule has 3 nitrogen and oxygen atoms in total. The highest BCUT2D eigenvalue weighted by molar-refractivity contribution is 7.38. The zero-order valence-electron chi connectivity index (χ0n) is 25.2. The molecule has 0 aliphatic heterocycles. The summed E-state index contributed by atoms with van der Waals surface area (Å²) in [5, 5.41) is 0. The van der Waals surface area contributed by atoms with Crippen LogP contribution in [0.4, 0.5) is 0 Å². The van der Waals surface area contributed by atoms with Gasteiger partial charge >= 0.3 is 8.60 Å². The highest BCUT2D eigenvalue weighted by Crippen LogP contribution is 2.13. The summed E-state index contributed by atoms with van der Waals surface area (Å²) in [6, 6.07) is 14.3. The van der Waals surface area contributed by atoms with E-state index in [1.807, 2.05) is 0 Å². The Hall–Kier alpha value is 0.961. The minimum atomic E-state index is -2.62. The van der Waals surface area contributed by atoms with Crippen LogP contribution in [-0.2, 0) is 0 Å². The Bertz CT molecular complexity index is 239. The van der Waals surface area contributed by atoms with Gasteiger partial charge in [0.1, 0.15) is 0 Å². The lowest BCUT2D eigenvalue weighted by atomic mass is 10.6. The molecule has 0 rings (SSSR count). The summed E-state index contributed by atoms with van der Waals surface area (Å²) in [5.41, 5.74) is 0. The second kappa shape index (κ2) is 38.5. The van der Waals surface area contributed by atoms with Gasteiger partial charge in [-0.05, 0) is 0 Å². The van der Waals surface area contributed by atoms with E-state index in [0.29, 0.717) is 0 Å². The lowest BCUT2D eigenvalue weighted by Gasteiger charge is -2.10. The summed E-state index contributed by atoms with van der Waals surface area (Å²) in [6.45, 7) is 20.9. The first-order valence-electron chi connectivity index (χ1n) is 15.1. The van der Waals surface area contributed by atoms with E-state index in [-0.39, 0.29) is 26.4 Å². The SMILES string of the molecule is CCC[SiH](CCC)CCC.CCC[SiH](CCC)CCC.CCC[SiH](CCC)CCC.OP(O)O. The molecular formula is C27H69O3PSi3. The third-order valence-corrected chi connectivity index (χ3v) is 18.8. The number of hydrogen-bond donors (Lipinski definition) is 3. The first-order chi connectivity index (χ1) is 16.3. The van der Waals surface area contributed by atoms with Crippen molar-refractivity contribution in [2.45, 2.75) is 174 Å². The van der Waals surface area contributed by atoms with Crippen LogP contribution < -0.4 is 0 Å². The molecule has 0 atom stereocenters. The van der Waals surface area contributed by atoms with Gasteiger partial charge in [0.05, 0.1) is 0 Å². The van der Waals surface area contributed by atoms with Crippen molar-refractivity contribution in [1.82, 2.24) is 0 Å². The van der Waals surface area contributed by atoms with Crippen LogP contribution in [0.1, 0.15) is 120 Å². The molecule has 0 aromatic rings. The van der Waals surface area contributed by atoms with Crippen LogP contribution in [0.15, 0.2) is 0 Å². The molecule has 0 radical (unpaired) electrons. The van der Waals surface area contributed by atoms with Crippen molar-refractivity contribution in [1.29, 1.82) is 0 Å². The fourth-order valence-corrected chi connectivity index (χ4v) is 14.9. The molecular weight excluding hydrogens is 488 g/mol. The minimum absolute atomic E-state index is 0.234. The van der Waals surface area contributed by atoms with E-state index < -0.39 is 8.60 Å². The van der Waals surface area contributed by atoms with Gasteiger partial charge in [-0.1, -0.05) is 174 Å². The monoisotopic (exact) mass is 556 g/mol. The number of rotatable bonds is 18. The van der Waals surface area contributed by atoms with Crippen LogP contribution in [0.3, 0.4) is 0 Å². The maximum absolute atomic E-state index is 7.23. The Morgan fingerprint density at radius 1 is 0.324 bits per heavy atom. The molecule has 0 aromatic heterocycles. The normalized spacial score (nSPS) is 10.6. The Morgan fingerprint density at radius 2 is 0.412 bits per heavy atom. The first-order valence-corrected chi connectivity index (χ1v) is 23.7. The third-order valence-electron chi connectivity index (χ3n) is 6.27. The van der Waals surface area contributed by atoms with Gasteiger partial charge in [0, 0.05) is 26.4 Å². The molecule has 212 valence electrons. The van der Waals surface area contributed by atoms with Gasteiger partial charge in [0.25, 0.3) is 0 Å². The molecule has 0 spiro atoms. The fourth-order valence-electron chi connectivity index (χ4n) is 4.97. The van der Waals surface area contributed by atoms with Crippen LogP contribution in [0, 0.1) is 0 Å². The van der Waals surface area contributed by atoms with Crippen molar-refractivity contribution in [3.63, 3.8) is 0 Å². The summed E-state index contributed by atoms with van der Waals surface area (Å²) in [6.07, 6.45) is 12.8. The molecule has 0 aliphatic rings.